The quantitative estimate of drug-likeness (QED) is 0.437. The number of aromatic nitrogens is 2. The number of amides is 1. The van der Waals surface area contributed by atoms with Crippen LogP contribution in [0.1, 0.15) is 54.6 Å². The Balaban J connectivity index is 1.53. The van der Waals surface area contributed by atoms with E-state index in [4.69, 9.17) is 0 Å². The Kier molecular flexibility index (Phi) is 5.88. The van der Waals surface area contributed by atoms with Crippen LogP contribution in [0, 0.1) is 12.7 Å². The van der Waals surface area contributed by atoms with Gasteiger partial charge in [-0.05, 0) is 69.7 Å². The Bertz CT molecular complexity index is 1050. The van der Waals surface area contributed by atoms with Crippen LogP contribution in [0.5, 0.6) is 0 Å². The molecule has 0 saturated heterocycles. The summed E-state index contributed by atoms with van der Waals surface area (Å²) in [7, 11) is 0. The van der Waals surface area contributed by atoms with Crippen molar-refractivity contribution in [2.45, 2.75) is 62.8 Å². The maximum atomic E-state index is 13.1. The minimum absolute atomic E-state index is 0.0552. The van der Waals surface area contributed by atoms with E-state index in [0.717, 1.165) is 39.5 Å². The molecule has 0 radical (unpaired) electrons. The first-order chi connectivity index (χ1) is 13.9. The highest BCUT2D eigenvalue weighted by Crippen LogP contribution is 2.40. The van der Waals surface area contributed by atoms with E-state index in [1.807, 2.05) is 20.8 Å². The number of benzene rings is 1. The highest BCUT2D eigenvalue weighted by Gasteiger charge is 2.24. The second kappa shape index (κ2) is 8.40. The van der Waals surface area contributed by atoms with Gasteiger partial charge >= 0.3 is 0 Å². The molecule has 0 fully saturated rings. The molecule has 2 aromatic heterocycles. The van der Waals surface area contributed by atoms with Crippen molar-refractivity contribution >= 4 is 39.2 Å². The molecule has 0 unspecified atom stereocenters. The van der Waals surface area contributed by atoms with Gasteiger partial charge in [0.1, 0.15) is 21.5 Å². The number of carbonyl (C=O) groups is 1. The van der Waals surface area contributed by atoms with Gasteiger partial charge in [-0.1, -0.05) is 23.9 Å². The Hall–Kier alpha value is -1.99. The van der Waals surface area contributed by atoms with E-state index in [1.165, 1.54) is 47.2 Å². The molecule has 29 heavy (non-hydrogen) atoms. The lowest BCUT2D eigenvalue weighted by Gasteiger charge is -2.18. The molecule has 0 saturated carbocycles. The summed E-state index contributed by atoms with van der Waals surface area (Å²) in [5.74, 6) is 0.407. The van der Waals surface area contributed by atoms with Crippen LogP contribution in [0.3, 0.4) is 0 Å². The molecule has 4 rings (SSSR count). The fourth-order valence-corrected chi connectivity index (χ4v) is 6.10. The number of hydrogen-bond acceptors (Lipinski definition) is 5. The molecule has 0 bridgehead atoms. The van der Waals surface area contributed by atoms with Crippen molar-refractivity contribution in [2.75, 3.05) is 0 Å². The van der Waals surface area contributed by atoms with Crippen LogP contribution in [-0.4, -0.2) is 21.1 Å². The Morgan fingerprint density at radius 1 is 1.17 bits per heavy atom. The molecule has 2 heterocycles. The standard InChI is InChI=1S/C22H24FN3OS2/c1-12(15-8-10-16(23)11-9-15)24-20(27)13(2)28-21-19-17-6-4-5-7-18(17)29-22(19)26-14(3)25-21/h8-13H,4-7H2,1-3H3,(H,24,27)/t12-,13-/m1/s1. The van der Waals surface area contributed by atoms with Crippen molar-refractivity contribution in [3.63, 3.8) is 0 Å². The van der Waals surface area contributed by atoms with Crippen LogP contribution in [0.15, 0.2) is 29.3 Å². The van der Waals surface area contributed by atoms with E-state index in [2.05, 4.69) is 15.3 Å². The first-order valence-electron chi connectivity index (χ1n) is 9.93. The first kappa shape index (κ1) is 20.3. The third-order valence-corrected chi connectivity index (χ3v) is 7.55. The van der Waals surface area contributed by atoms with Gasteiger partial charge in [-0.3, -0.25) is 4.79 Å². The summed E-state index contributed by atoms with van der Waals surface area (Å²) in [6, 6.07) is 6.04. The van der Waals surface area contributed by atoms with Crippen molar-refractivity contribution in [2.24, 2.45) is 0 Å². The van der Waals surface area contributed by atoms with Crippen LogP contribution in [0.25, 0.3) is 10.2 Å². The number of nitrogens with one attached hydrogen (secondary N) is 1. The molecule has 4 nitrogen and oxygen atoms in total. The van der Waals surface area contributed by atoms with Gasteiger partial charge in [-0.2, -0.15) is 0 Å². The fraction of sp³-hybridized carbons (Fsp3) is 0.409. The molecule has 3 aromatic rings. The molecular weight excluding hydrogens is 405 g/mol. The van der Waals surface area contributed by atoms with E-state index >= 15 is 0 Å². The molecule has 1 N–H and O–H groups in total. The summed E-state index contributed by atoms with van der Waals surface area (Å²) >= 11 is 3.27. The second-order valence-electron chi connectivity index (χ2n) is 7.51. The Morgan fingerprint density at radius 3 is 2.66 bits per heavy atom. The third-order valence-electron chi connectivity index (χ3n) is 5.28. The summed E-state index contributed by atoms with van der Waals surface area (Å²) in [4.78, 5) is 24.6. The van der Waals surface area contributed by atoms with E-state index < -0.39 is 0 Å². The smallest absolute Gasteiger partial charge is 0.233 e. The van der Waals surface area contributed by atoms with Gasteiger partial charge in [0.05, 0.1) is 11.3 Å². The zero-order valence-corrected chi connectivity index (χ0v) is 18.4. The summed E-state index contributed by atoms with van der Waals surface area (Å²) in [5, 5.41) is 4.79. The molecule has 0 spiro atoms. The van der Waals surface area contributed by atoms with Crippen molar-refractivity contribution in [3.05, 3.63) is 51.9 Å². The number of carbonyl (C=O) groups excluding carboxylic acids is 1. The predicted molar refractivity (Wildman–Crippen MR) is 117 cm³/mol. The molecule has 1 aromatic carbocycles. The number of halogens is 1. The molecule has 1 amide bonds. The van der Waals surface area contributed by atoms with Gasteiger partial charge in [0.2, 0.25) is 5.91 Å². The summed E-state index contributed by atoms with van der Waals surface area (Å²) in [6.07, 6.45) is 4.61. The van der Waals surface area contributed by atoms with Crippen molar-refractivity contribution in [1.29, 1.82) is 0 Å². The van der Waals surface area contributed by atoms with Crippen LogP contribution < -0.4 is 5.32 Å². The average Bonchev–Trinajstić information content (AvgIpc) is 3.06. The Labute approximate surface area is 178 Å². The number of thiophene rings is 1. The lowest BCUT2D eigenvalue weighted by atomic mass is 9.97. The van der Waals surface area contributed by atoms with Gasteiger partial charge in [0.15, 0.2) is 0 Å². The van der Waals surface area contributed by atoms with E-state index in [0.29, 0.717) is 0 Å². The van der Waals surface area contributed by atoms with Gasteiger partial charge in [-0.15, -0.1) is 11.3 Å². The normalized spacial score (nSPS) is 15.7. The minimum atomic E-state index is -0.297. The monoisotopic (exact) mass is 429 g/mol. The van der Waals surface area contributed by atoms with Crippen LogP contribution in [0.4, 0.5) is 4.39 Å². The van der Waals surface area contributed by atoms with Gasteiger partial charge in [-0.25, -0.2) is 14.4 Å². The summed E-state index contributed by atoms with van der Waals surface area (Å²) in [6.45, 7) is 5.72. The lowest BCUT2D eigenvalue weighted by Crippen LogP contribution is -2.33. The largest absolute Gasteiger partial charge is 0.349 e. The van der Waals surface area contributed by atoms with Crippen molar-refractivity contribution in [3.8, 4) is 0 Å². The molecule has 1 aliphatic rings. The minimum Gasteiger partial charge on any atom is -0.349 e. The third kappa shape index (κ3) is 4.31. The number of nitrogens with zero attached hydrogens (tertiary/aromatic N) is 2. The molecule has 2 atom stereocenters. The van der Waals surface area contributed by atoms with Crippen LogP contribution >= 0.6 is 23.1 Å². The van der Waals surface area contributed by atoms with E-state index in [1.54, 1.807) is 23.5 Å². The molecular formula is C22H24FN3OS2. The van der Waals surface area contributed by atoms with Crippen molar-refractivity contribution < 1.29 is 9.18 Å². The molecule has 0 aliphatic heterocycles. The molecule has 1 aliphatic carbocycles. The van der Waals surface area contributed by atoms with Crippen molar-refractivity contribution in [1.82, 2.24) is 15.3 Å². The number of thioether (sulfide) groups is 1. The van der Waals surface area contributed by atoms with E-state index in [-0.39, 0.29) is 23.0 Å². The highest BCUT2D eigenvalue weighted by molar-refractivity contribution is 8.00. The average molecular weight is 430 g/mol. The second-order valence-corrected chi connectivity index (χ2v) is 9.92. The summed E-state index contributed by atoms with van der Waals surface area (Å²) < 4.78 is 13.1. The summed E-state index contributed by atoms with van der Waals surface area (Å²) in [5.41, 5.74) is 2.26. The highest BCUT2D eigenvalue weighted by atomic mass is 32.2. The maximum Gasteiger partial charge on any atom is 0.233 e. The Morgan fingerprint density at radius 2 is 1.90 bits per heavy atom. The lowest BCUT2D eigenvalue weighted by molar-refractivity contribution is -0.120. The molecule has 7 heteroatoms. The fourth-order valence-electron chi connectivity index (χ4n) is 3.70. The number of rotatable bonds is 5. The zero-order valence-electron chi connectivity index (χ0n) is 16.8. The van der Waals surface area contributed by atoms with Gasteiger partial charge in [0.25, 0.3) is 0 Å². The number of fused-ring (bicyclic) bond motifs is 3. The van der Waals surface area contributed by atoms with E-state index in [9.17, 15) is 9.18 Å². The van der Waals surface area contributed by atoms with Gasteiger partial charge in [0, 0.05) is 10.3 Å². The number of aryl methyl sites for hydroxylation is 3. The van der Waals surface area contributed by atoms with Crippen LogP contribution in [0.2, 0.25) is 0 Å². The maximum absolute atomic E-state index is 13.1. The zero-order chi connectivity index (χ0) is 20.5. The predicted octanol–water partition coefficient (Wildman–Crippen LogP) is 5.38. The first-order valence-corrected chi connectivity index (χ1v) is 11.6. The van der Waals surface area contributed by atoms with Crippen LogP contribution in [-0.2, 0) is 17.6 Å². The number of hydrogen-bond donors (Lipinski definition) is 1. The molecule has 152 valence electrons. The topological polar surface area (TPSA) is 54.9 Å². The van der Waals surface area contributed by atoms with Gasteiger partial charge < -0.3 is 5.32 Å². The SMILES string of the molecule is Cc1nc(S[C@H](C)C(=O)N[C@H](C)c2ccc(F)cc2)c2c3c(sc2n1)CCCC3.